The monoisotopic (exact) mass is 336 g/mol. The molecule has 1 atom stereocenters. The van der Waals surface area contributed by atoms with E-state index in [1.165, 1.54) is 0 Å². The van der Waals surface area contributed by atoms with E-state index in [0.29, 0.717) is 16.5 Å². The molecule has 0 fully saturated rings. The summed E-state index contributed by atoms with van der Waals surface area (Å²) in [5.74, 6) is -0.200. The first-order valence-corrected chi connectivity index (χ1v) is 7.39. The van der Waals surface area contributed by atoms with Crippen LogP contribution in [0.25, 0.3) is 0 Å². The molecule has 6 heteroatoms. The largest absolute Gasteiger partial charge is 0.509 e. The van der Waals surface area contributed by atoms with Gasteiger partial charge in [0.25, 0.3) is 5.79 Å². The number of rotatable bonds is 7. The van der Waals surface area contributed by atoms with Crippen LogP contribution in [-0.2, 0) is 4.74 Å². The number of hydrogen-bond donors (Lipinski definition) is 1. The molecule has 2 rings (SSSR count). The van der Waals surface area contributed by atoms with Crippen molar-refractivity contribution in [3.05, 3.63) is 59.6 Å². The van der Waals surface area contributed by atoms with Crippen LogP contribution in [0.2, 0.25) is 5.02 Å². The average Bonchev–Trinajstić information content (AvgIpc) is 2.49. The molecule has 0 spiro atoms. The lowest BCUT2D eigenvalue weighted by atomic mass is 10.2. The van der Waals surface area contributed by atoms with Crippen LogP contribution in [0.5, 0.6) is 11.5 Å². The lowest BCUT2D eigenvalue weighted by Gasteiger charge is -2.28. The summed E-state index contributed by atoms with van der Waals surface area (Å²) in [6, 6.07) is 15.8. The third-order valence-electron chi connectivity index (χ3n) is 3.02. The van der Waals surface area contributed by atoms with Crippen molar-refractivity contribution in [2.75, 3.05) is 6.61 Å². The molecule has 1 unspecified atom stereocenters. The minimum absolute atomic E-state index is 0.219. The zero-order valence-corrected chi connectivity index (χ0v) is 13.3. The van der Waals surface area contributed by atoms with Crippen molar-refractivity contribution in [2.45, 2.75) is 19.1 Å². The van der Waals surface area contributed by atoms with E-state index in [1.807, 2.05) is 6.07 Å². The third kappa shape index (κ3) is 5.71. The first-order valence-electron chi connectivity index (χ1n) is 7.01. The maximum absolute atomic E-state index is 10.9. The zero-order chi connectivity index (χ0) is 16.7. The summed E-state index contributed by atoms with van der Waals surface area (Å²) in [7, 11) is 0. The van der Waals surface area contributed by atoms with Crippen LogP contribution in [-0.4, -0.2) is 23.7 Å². The smallest absolute Gasteiger partial charge is 0.493 e. The van der Waals surface area contributed by atoms with Gasteiger partial charge in [0, 0.05) is 11.9 Å². The van der Waals surface area contributed by atoms with Crippen LogP contribution in [0.4, 0.5) is 4.79 Å². The molecule has 2 aromatic rings. The van der Waals surface area contributed by atoms with Gasteiger partial charge in [-0.1, -0.05) is 29.8 Å². The number of benzene rings is 2. The molecule has 0 aliphatic rings. The van der Waals surface area contributed by atoms with Crippen molar-refractivity contribution in [3.63, 3.8) is 0 Å². The van der Waals surface area contributed by atoms with E-state index >= 15 is 0 Å². The maximum atomic E-state index is 10.9. The Morgan fingerprint density at radius 2 is 1.74 bits per heavy atom. The van der Waals surface area contributed by atoms with Gasteiger partial charge in [-0.05, 0) is 36.4 Å². The Labute approximate surface area is 139 Å². The van der Waals surface area contributed by atoms with Crippen molar-refractivity contribution < 1.29 is 24.1 Å². The van der Waals surface area contributed by atoms with E-state index < -0.39 is 11.9 Å². The molecular weight excluding hydrogens is 320 g/mol. The van der Waals surface area contributed by atoms with Crippen LogP contribution in [0, 0.1) is 0 Å². The van der Waals surface area contributed by atoms with Crippen LogP contribution in [0.1, 0.15) is 13.3 Å². The van der Waals surface area contributed by atoms with Crippen molar-refractivity contribution in [2.24, 2.45) is 0 Å². The van der Waals surface area contributed by atoms with E-state index in [4.69, 9.17) is 30.9 Å². The predicted octanol–water partition coefficient (Wildman–Crippen LogP) is 4.60. The summed E-state index contributed by atoms with van der Waals surface area (Å²) in [5, 5.41) is 9.53. The molecule has 0 amide bonds. The van der Waals surface area contributed by atoms with Gasteiger partial charge in [-0.2, -0.15) is 0 Å². The lowest BCUT2D eigenvalue weighted by Crippen LogP contribution is -2.39. The SMILES string of the molecule is CC(CCOc1ccc(Cl)cc1)(OC(=O)O)Oc1ccccc1. The van der Waals surface area contributed by atoms with Crippen LogP contribution in [0.3, 0.4) is 0 Å². The summed E-state index contributed by atoms with van der Waals surface area (Å²) in [6.45, 7) is 1.78. The van der Waals surface area contributed by atoms with E-state index in [2.05, 4.69) is 0 Å². The van der Waals surface area contributed by atoms with Gasteiger partial charge in [0.1, 0.15) is 11.5 Å². The molecule has 0 radical (unpaired) electrons. The molecule has 5 nitrogen and oxygen atoms in total. The first kappa shape index (κ1) is 17.0. The van der Waals surface area contributed by atoms with Gasteiger partial charge in [-0.25, -0.2) is 4.79 Å². The van der Waals surface area contributed by atoms with Gasteiger partial charge >= 0.3 is 6.16 Å². The Bertz CT molecular complexity index is 629. The van der Waals surface area contributed by atoms with E-state index in [9.17, 15) is 4.79 Å². The van der Waals surface area contributed by atoms with Crippen molar-refractivity contribution in [3.8, 4) is 11.5 Å². The van der Waals surface area contributed by atoms with Crippen LogP contribution in [0.15, 0.2) is 54.6 Å². The molecule has 0 aliphatic carbocycles. The fourth-order valence-electron chi connectivity index (χ4n) is 1.93. The topological polar surface area (TPSA) is 65.0 Å². The second-order valence-corrected chi connectivity index (χ2v) is 5.41. The summed E-state index contributed by atoms with van der Waals surface area (Å²) < 4.78 is 16.1. The maximum Gasteiger partial charge on any atom is 0.509 e. The number of para-hydroxylation sites is 1. The summed E-state index contributed by atoms with van der Waals surface area (Å²) >= 11 is 5.81. The van der Waals surface area contributed by atoms with Gasteiger partial charge < -0.3 is 19.3 Å². The predicted molar refractivity (Wildman–Crippen MR) is 86.1 cm³/mol. The second-order valence-electron chi connectivity index (χ2n) is 4.97. The molecule has 0 heterocycles. The second kappa shape index (κ2) is 7.74. The van der Waals surface area contributed by atoms with E-state index in [-0.39, 0.29) is 13.0 Å². The quantitative estimate of drug-likeness (QED) is 0.591. The Balaban J connectivity index is 1.97. The van der Waals surface area contributed by atoms with Gasteiger partial charge in [0.05, 0.1) is 13.0 Å². The molecule has 0 aromatic heterocycles. The Kier molecular flexibility index (Phi) is 5.71. The number of halogens is 1. The van der Waals surface area contributed by atoms with E-state index in [1.54, 1.807) is 55.5 Å². The highest BCUT2D eigenvalue weighted by atomic mass is 35.5. The van der Waals surface area contributed by atoms with Crippen molar-refractivity contribution in [1.29, 1.82) is 0 Å². The molecule has 0 saturated carbocycles. The molecule has 0 aliphatic heterocycles. The fourth-order valence-corrected chi connectivity index (χ4v) is 2.06. The molecule has 0 saturated heterocycles. The van der Waals surface area contributed by atoms with Crippen LogP contribution < -0.4 is 9.47 Å². The Morgan fingerprint density at radius 1 is 1.09 bits per heavy atom. The van der Waals surface area contributed by atoms with Crippen molar-refractivity contribution >= 4 is 17.8 Å². The standard InChI is InChI=1S/C17H17ClO5/c1-17(23-16(19)20,22-15-5-3-2-4-6-15)11-12-21-14-9-7-13(18)8-10-14/h2-10H,11-12H2,1H3,(H,19,20). The summed E-state index contributed by atoms with van der Waals surface area (Å²) in [5.41, 5.74) is 0. The number of carbonyl (C=O) groups is 1. The minimum atomic E-state index is -1.41. The Hall–Kier alpha value is -2.40. The first-order chi connectivity index (χ1) is 11.0. The molecule has 0 bridgehead atoms. The highest BCUT2D eigenvalue weighted by molar-refractivity contribution is 6.30. The number of carboxylic acid groups (broad SMARTS) is 1. The fraction of sp³-hybridized carbons (Fsp3) is 0.235. The Morgan fingerprint density at radius 3 is 2.35 bits per heavy atom. The number of hydrogen-bond acceptors (Lipinski definition) is 4. The lowest BCUT2D eigenvalue weighted by molar-refractivity contribution is -0.147. The molecule has 1 N–H and O–H groups in total. The molecule has 122 valence electrons. The van der Waals surface area contributed by atoms with Gasteiger partial charge in [-0.15, -0.1) is 0 Å². The van der Waals surface area contributed by atoms with Crippen molar-refractivity contribution in [1.82, 2.24) is 0 Å². The summed E-state index contributed by atoms with van der Waals surface area (Å²) in [4.78, 5) is 10.9. The zero-order valence-electron chi connectivity index (χ0n) is 12.6. The van der Waals surface area contributed by atoms with Crippen LogP contribution >= 0.6 is 11.6 Å². The highest BCUT2D eigenvalue weighted by Crippen LogP contribution is 2.23. The van der Waals surface area contributed by atoms with Gasteiger partial charge in [0.2, 0.25) is 0 Å². The van der Waals surface area contributed by atoms with Gasteiger partial charge in [-0.3, -0.25) is 0 Å². The normalized spacial score (nSPS) is 13.0. The molecular formula is C17H17ClO5. The third-order valence-corrected chi connectivity index (χ3v) is 3.27. The average molecular weight is 337 g/mol. The van der Waals surface area contributed by atoms with E-state index in [0.717, 1.165) is 0 Å². The highest BCUT2D eigenvalue weighted by Gasteiger charge is 2.31. The minimum Gasteiger partial charge on any atom is -0.493 e. The number of ether oxygens (including phenoxy) is 3. The summed E-state index contributed by atoms with van der Waals surface area (Å²) in [6.07, 6.45) is -1.19. The molecule has 23 heavy (non-hydrogen) atoms. The molecule has 2 aromatic carbocycles. The van der Waals surface area contributed by atoms with Gasteiger partial charge in [0.15, 0.2) is 0 Å².